The lowest BCUT2D eigenvalue weighted by Crippen LogP contribution is -2.43. The smallest absolute Gasteiger partial charge is 0.265 e. The predicted molar refractivity (Wildman–Crippen MR) is 113 cm³/mol. The molecule has 4 N–H and O–H groups in total. The molecule has 0 bridgehead atoms. The van der Waals surface area contributed by atoms with Gasteiger partial charge in [0, 0.05) is 22.0 Å². The Labute approximate surface area is 172 Å². The molecule has 0 unspecified atom stereocenters. The predicted octanol–water partition coefficient (Wildman–Crippen LogP) is 3.58. The standard InChI is InChI=1S/C20H22ClFN4OS/c21-13-4-7-17(18(23)27)26(10-13)14-5-6-16(22)15(9-14)20-8-2-1-3-12(20)11-28-19(24)25-20/h4-7,9,12H,1-3,8,10-11H2,(H2,23,27)(H2,24,25)/t12-,20-/m0/s1. The first-order chi connectivity index (χ1) is 13.4. The lowest BCUT2D eigenvalue weighted by Gasteiger charge is -2.44. The molecular formula is C20H22ClFN4OS. The molecule has 1 fully saturated rings. The number of allylic oxidation sites excluding steroid dienone is 2. The van der Waals surface area contributed by atoms with Gasteiger partial charge in [-0.3, -0.25) is 9.79 Å². The van der Waals surface area contributed by atoms with Gasteiger partial charge in [0.1, 0.15) is 11.5 Å². The monoisotopic (exact) mass is 420 g/mol. The Bertz CT molecular complexity index is 915. The molecular weight excluding hydrogens is 399 g/mol. The minimum absolute atomic E-state index is 0.235. The van der Waals surface area contributed by atoms with Crippen LogP contribution in [0.4, 0.5) is 10.1 Å². The van der Waals surface area contributed by atoms with Gasteiger partial charge in [-0.1, -0.05) is 36.2 Å². The number of nitrogens with two attached hydrogens (primary N) is 2. The summed E-state index contributed by atoms with van der Waals surface area (Å²) in [4.78, 5) is 18.4. The average molecular weight is 421 g/mol. The van der Waals surface area contributed by atoms with Crippen LogP contribution >= 0.6 is 23.4 Å². The molecule has 3 aliphatic rings. The first kappa shape index (κ1) is 19.3. The van der Waals surface area contributed by atoms with E-state index in [9.17, 15) is 4.79 Å². The van der Waals surface area contributed by atoms with Crippen molar-refractivity contribution in [2.75, 3.05) is 17.2 Å². The van der Waals surface area contributed by atoms with Gasteiger partial charge in [-0.05, 0) is 49.1 Å². The highest BCUT2D eigenvalue weighted by atomic mass is 35.5. The van der Waals surface area contributed by atoms with E-state index in [0.717, 1.165) is 31.4 Å². The quantitative estimate of drug-likeness (QED) is 0.782. The van der Waals surface area contributed by atoms with E-state index in [0.29, 0.717) is 33.7 Å². The number of aliphatic imine (C=N–C) groups is 1. The Morgan fingerprint density at radius 2 is 2.18 bits per heavy atom. The van der Waals surface area contributed by atoms with Gasteiger partial charge in [-0.25, -0.2) is 4.39 Å². The Morgan fingerprint density at radius 1 is 1.36 bits per heavy atom. The van der Waals surface area contributed by atoms with E-state index in [4.69, 9.17) is 28.1 Å². The number of anilines is 1. The summed E-state index contributed by atoms with van der Waals surface area (Å²) in [5, 5.41) is 1.07. The third-order valence-corrected chi connectivity index (χ3v) is 6.98. The van der Waals surface area contributed by atoms with Crippen LogP contribution in [0.25, 0.3) is 0 Å². The van der Waals surface area contributed by atoms with Crippen molar-refractivity contribution < 1.29 is 9.18 Å². The van der Waals surface area contributed by atoms with Crippen LogP contribution in [0.3, 0.4) is 0 Å². The van der Waals surface area contributed by atoms with E-state index in [1.54, 1.807) is 29.2 Å². The molecule has 28 heavy (non-hydrogen) atoms. The third kappa shape index (κ3) is 3.31. The summed E-state index contributed by atoms with van der Waals surface area (Å²) < 4.78 is 15.1. The van der Waals surface area contributed by atoms with Crippen molar-refractivity contribution in [2.45, 2.75) is 31.2 Å². The number of thioether (sulfide) groups is 1. The van der Waals surface area contributed by atoms with Gasteiger partial charge in [-0.15, -0.1) is 0 Å². The van der Waals surface area contributed by atoms with E-state index in [-0.39, 0.29) is 11.7 Å². The summed E-state index contributed by atoms with van der Waals surface area (Å²) in [5.41, 5.74) is 12.5. The van der Waals surface area contributed by atoms with Gasteiger partial charge >= 0.3 is 0 Å². The maximum Gasteiger partial charge on any atom is 0.265 e. The molecule has 8 heteroatoms. The summed E-state index contributed by atoms with van der Waals surface area (Å²) in [6, 6.07) is 4.86. The van der Waals surface area contributed by atoms with Crippen molar-refractivity contribution in [3.8, 4) is 0 Å². The van der Waals surface area contributed by atoms with Gasteiger partial charge in [0.05, 0.1) is 12.1 Å². The maximum absolute atomic E-state index is 15.1. The zero-order valence-corrected chi connectivity index (χ0v) is 16.9. The second-order valence-electron chi connectivity index (χ2n) is 7.41. The lowest BCUT2D eigenvalue weighted by molar-refractivity contribution is -0.114. The number of hydrogen-bond acceptors (Lipinski definition) is 5. The average Bonchev–Trinajstić information content (AvgIpc) is 2.67. The second-order valence-corrected chi connectivity index (χ2v) is 8.93. The first-order valence-corrected chi connectivity index (χ1v) is 10.7. The number of amides is 1. The van der Waals surface area contributed by atoms with Crippen LogP contribution in [0.2, 0.25) is 0 Å². The molecule has 4 rings (SSSR count). The van der Waals surface area contributed by atoms with Crippen molar-refractivity contribution in [1.29, 1.82) is 0 Å². The number of amidine groups is 1. The molecule has 2 atom stereocenters. The number of carbonyl (C=O) groups excluding carboxylic acids is 1. The van der Waals surface area contributed by atoms with Gasteiger partial charge in [0.25, 0.3) is 5.91 Å². The van der Waals surface area contributed by atoms with Crippen LogP contribution in [0, 0.1) is 11.7 Å². The maximum atomic E-state index is 15.1. The number of primary amides is 1. The second kappa shape index (κ2) is 7.44. The number of rotatable bonds is 3. The first-order valence-electron chi connectivity index (χ1n) is 9.32. The molecule has 0 radical (unpaired) electrons. The zero-order valence-electron chi connectivity index (χ0n) is 15.3. The molecule has 1 aromatic carbocycles. The van der Waals surface area contributed by atoms with Gasteiger partial charge in [0.15, 0.2) is 5.17 Å². The number of carbonyl (C=O) groups is 1. The molecule has 1 aliphatic carbocycles. The van der Waals surface area contributed by atoms with Gasteiger partial charge < -0.3 is 16.4 Å². The van der Waals surface area contributed by atoms with Crippen LogP contribution < -0.4 is 16.4 Å². The Balaban J connectivity index is 1.82. The Morgan fingerprint density at radius 3 is 2.96 bits per heavy atom. The number of fused-ring (bicyclic) bond motifs is 1. The van der Waals surface area contributed by atoms with E-state index >= 15 is 4.39 Å². The van der Waals surface area contributed by atoms with Gasteiger partial charge in [0.2, 0.25) is 0 Å². The summed E-state index contributed by atoms with van der Waals surface area (Å²) in [6.07, 6.45) is 7.10. The third-order valence-electron chi connectivity index (χ3n) is 5.78. The van der Waals surface area contributed by atoms with E-state index in [2.05, 4.69) is 0 Å². The largest absolute Gasteiger partial charge is 0.379 e. The molecule has 148 valence electrons. The fourth-order valence-corrected chi connectivity index (χ4v) is 5.66. The molecule has 1 aromatic rings. The molecule has 1 amide bonds. The highest BCUT2D eigenvalue weighted by Crippen LogP contribution is 2.50. The summed E-state index contributed by atoms with van der Waals surface area (Å²) in [7, 11) is 0. The van der Waals surface area contributed by atoms with E-state index < -0.39 is 11.4 Å². The molecule has 1 saturated carbocycles. The number of nitrogens with zero attached hydrogens (tertiary/aromatic N) is 2. The molecule has 2 heterocycles. The van der Waals surface area contributed by atoms with E-state index in [1.165, 1.54) is 17.8 Å². The van der Waals surface area contributed by atoms with Gasteiger partial charge in [-0.2, -0.15) is 0 Å². The van der Waals surface area contributed by atoms with Crippen LogP contribution in [-0.4, -0.2) is 23.4 Å². The highest BCUT2D eigenvalue weighted by Gasteiger charge is 2.46. The van der Waals surface area contributed by atoms with Crippen LogP contribution in [-0.2, 0) is 10.3 Å². The van der Waals surface area contributed by atoms with Crippen molar-refractivity contribution in [2.24, 2.45) is 22.4 Å². The van der Waals surface area contributed by atoms with Crippen molar-refractivity contribution >= 4 is 40.1 Å². The van der Waals surface area contributed by atoms with Crippen molar-refractivity contribution in [3.05, 3.63) is 52.5 Å². The summed E-state index contributed by atoms with van der Waals surface area (Å²) >= 11 is 7.73. The minimum atomic E-state index is -0.653. The topological polar surface area (TPSA) is 84.7 Å². The van der Waals surface area contributed by atoms with E-state index in [1.807, 2.05) is 0 Å². The summed E-state index contributed by atoms with van der Waals surface area (Å²) in [6.45, 7) is 0.305. The SMILES string of the molecule is NC(=O)C1=CC=C(Cl)CN1c1ccc(F)c([C@]23CCCC[C@H]2CSC(N)=N3)c1. The molecule has 5 nitrogen and oxygen atoms in total. The van der Waals surface area contributed by atoms with Crippen molar-refractivity contribution in [3.63, 3.8) is 0 Å². The molecule has 2 aliphatic heterocycles. The van der Waals surface area contributed by atoms with Crippen LogP contribution in [0.5, 0.6) is 0 Å². The fraction of sp³-hybridized carbons (Fsp3) is 0.400. The number of hydrogen-bond donors (Lipinski definition) is 2. The number of halogens is 2. The van der Waals surface area contributed by atoms with Crippen molar-refractivity contribution in [1.82, 2.24) is 0 Å². The Hall–Kier alpha value is -1.99. The Kier molecular flexibility index (Phi) is 5.14. The molecule has 0 saturated heterocycles. The normalized spacial score (nSPS) is 27.4. The lowest BCUT2D eigenvalue weighted by atomic mass is 9.69. The zero-order chi connectivity index (χ0) is 19.9. The molecule has 0 aromatic heterocycles. The number of benzene rings is 1. The molecule has 0 spiro atoms. The van der Waals surface area contributed by atoms with Crippen LogP contribution in [0.1, 0.15) is 31.2 Å². The highest BCUT2D eigenvalue weighted by molar-refractivity contribution is 8.13. The van der Waals surface area contributed by atoms with Crippen LogP contribution in [0.15, 0.2) is 46.1 Å². The summed E-state index contributed by atoms with van der Waals surface area (Å²) in [5.74, 6) is 0.210. The minimum Gasteiger partial charge on any atom is -0.379 e. The fourth-order valence-electron chi connectivity index (χ4n) is 4.43.